The van der Waals surface area contributed by atoms with Gasteiger partial charge >= 0.3 is 0 Å². The van der Waals surface area contributed by atoms with Crippen molar-refractivity contribution in [2.24, 2.45) is 11.3 Å². The molecule has 0 fully saturated rings. The third kappa shape index (κ3) is 19.9. The Morgan fingerprint density at radius 3 is 1.15 bits per heavy atom. The van der Waals surface area contributed by atoms with Gasteiger partial charge in [-0.3, -0.25) is 0 Å². The molecular weight excluding hydrogens is 444 g/mol. The van der Waals surface area contributed by atoms with Gasteiger partial charge in [-0.1, -0.05) is 27.7 Å². The summed E-state index contributed by atoms with van der Waals surface area (Å²) < 4.78 is 50.5. The predicted octanol–water partition coefficient (Wildman–Crippen LogP) is 2.83. The lowest BCUT2D eigenvalue weighted by atomic mass is 9.82. The van der Waals surface area contributed by atoms with Gasteiger partial charge in [0, 0.05) is 33.9 Å². The highest BCUT2D eigenvalue weighted by molar-refractivity contribution is 4.75. The summed E-state index contributed by atoms with van der Waals surface area (Å²) in [7, 11) is 4.97. The van der Waals surface area contributed by atoms with Crippen LogP contribution in [0.5, 0.6) is 0 Å². The van der Waals surface area contributed by atoms with Crippen LogP contribution < -0.4 is 0 Å². The zero-order valence-electron chi connectivity index (χ0n) is 22.8. The maximum atomic E-state index is 6.25. The fraction of sp³-hybridized carbons (Fsp3) is 1.00. The Hall–Kier alpha value is -0.360. The van der Waals surface area contributed by atoms with Crippen molar-refractivity contribution in [1.82, 2.24) is 0 Å². The zero-order valence-corrected chi connectivity index (χ0v) is 22.8. The summed E-state index contributed by atoms with van der Waals surface area (Å²) in [5.74, 6) is 0.167. The third-order valence-electron chi connectivity index (χ3n) is 5.15. The summed E-state index contributed by atoms with van der Waals surface area (Å²) >= 11 is 0. The lowest BCUT2D eigenvalue weighted by Gasteiger charge is -2.33. The second-order valence-electron chi connectivity index (χ2n) is 9.25. The molecule has 0 aromatic heterocycles. The molecule has 2 unspecified atom stereocenters. The van der Waals surface area contributed by atoms with Crippen LogP contribution in [0.25, 0.3) is 0 Å². The normalized spacial score (nSPS) is 14.1. The van der Waals surface area contributed by atoms with E-state index in [0.29, 0.717) is 85.9 Å². The molecule has 0 aliphatic carbocycles. The van der Waals surface area contributed by atoms with E-state index in [9.17, 15) is 0 Å². The highest BCUT2D eigenvalue weighted by Crippen LogP contribution is 2.27. The second-order valence-corrected chi connectivity index (χ2v) is 9.25. The van der Waals surface area contributed by atoms with E-state index in [2.05, 4.69) is 27.7 Å². The van der Waals surface area contributed by atoms with Crippen molar-refractivity contribution >= 4 is 0 Å². The molecule has 0 N–H and O–H groups in total. The lowest BCUT2D eigenvalue weighted by Crippen LogP contribution is -2.37. The van der Waals surface area contributed by atoms with E-state index in [1.807, 2.05) is 0 Å². The first-order valence-electron chi connectivity index (χ1n) is 12.4. The van der Waals surface area contributed by atoms with Crippen molar-refractivity contribution in [1.29, 1.82) is 0 Å². The minimum Gasteiger partial charge on any atom is -0.382 e. The van der Waals surface area contributed by atoms with E-state index in [4.69, 9.17) is 42.6 Å². The van der Waals surface area contributed by atoms with Gasteiger partial charge in [-0.05, 0) is 11.8 Å². The molecular formula is C25H52O9. The van der Waals surface area contributed by atoms with Crippen molar-refractivity contribution in [3.8, 4) is 0 Å². The van der Waals surface area contributed by atoms with Crippen LogP contribution in [0.3, 0.4) is 0 Å². The van der Waals surface area contributed by atoms with E-state index >= 15 is 0 Å². The average Bonchev–Trinajstić information content (AvgIpc) is 2.80. The van der Waals surface area contributed by atoms with Crippen molar-refractivity contribution in [2.45, 2.75) is 46.3 Å². The van der Waals surface area contributed by atoms with E-state index in [1.165, 1.54) is 0 Å². The molecule has 0 heterocycles. The first-order chi connectivity index (χ1) is 16.4. The highest BCUT2D eigenvalue weighted by Gasteiger charge is 2.28. The van der Waals surface area contributed by atoms with Crippen LogP contribution in [0.4, 0.5) is 0 Å². The Kier molecular flexibility index (Phi) is 22.8. The van der Waals surface area contributed by atoms with Crippen LogP contribution in [0, 0.1) is 11.3 Å². The molecule has 0 saturated carbocycles. The maximum Gasteiger partial charge on any atom is 0.104 e. The smallest absolute Gasteiger partial charge is 0.104 e. The van der Waals surface area contributed by atoms with E-state index in [0.717, 1.165) is 6.42 Å². The summed E-state index contributed by atoms with van der Waals surface area (Å²) in [6, 6.07) is 0. The summed E-state index contributed by atoms with van der Waals surface area (Å²) in [6.45, 7) is 15.5. The number of rotatable bonds is 25. The largest absolute Gasteiger partial charge is 0.382 e. The van der Waals surface area contributed by atoms with E-state index in [1.54, 1.807) is 21.3 Å². The second kappa shape index (κ2) is 23.1. The van der Waals surface area contributed by atoms with Gasteiger partial charge in [0.2, 0.25) is 0 Å². The molecule has 2 atom stereocenters. The molecule has 34 heavy (non-hydrogen) atoms. The Morgan fingerprint density at radius 1 is 0.500 bits per heavy atom. The molecule has 0 radical (unpaired) electrons. The fourth-order valence-corrected chi connectivity index (χ4v) is 2.77. The van der Waals surface area contributed by atoms with Crippen LogP contribution in [0.2, 0.25) is 0 Å². The summed E-state index contributed by atoms with van der Waals surface area (Å²) in [6.07, 6.45) is 0.647. The Morgan fingerprint density at radius 2 is 0.853 bits per heavy atom. The molecule has 0 aromatic rings. The number of methoxy groups -OCH3 is 3. The molecule has 9 nitrogen and oxygen atoms in total. The molecule has 0 amide bonds. The molecule has 0 aromatic carbocycles. The molecule has 0 aliphatic rings. The minimum atomic E-state index is -0.181. The molecule has 0 spiro atoms. The van der Waals surface area contributed by atoms with Gasteiger partial charge in [-0.15, -0.1) is 0 Å². The Labute approximate surface area is 208 Å². The minimum absolute atomic E-state index is 0.00982. The van der Waals surface area contributed by atoms with Gasteiger partial charge in [0.1, 0.15) is 12.2 Å². The number of hydrogen-bond donors (Lipinski definition) is 0. The molecule has 0 rings (SSSR count). The average molecular weight is 497 g/mol. The summed E-state index contributed by atoms with van der Waals surface area (Å²) in [5, 5.41) is 0. The van der Waals surface area contributed by atoms with Crippen molar-refractivity contribution in [2.75, 3.05) is 107 Å². The van der Waals surface area contributed by atoms with Crippen LogP contribution >= 0.6 is 0 Å². The maximum absolute atomic E-state index is 6.25. The van der Waals surface area contributed by atoms with E-state index < -0.39 is 0 Å². The van der Waals surface area contributed by atoms with Gasteiger partial charge < -0.3 is 42.6 Å². The Balaban J connectivity index is 4.81. The van der Waals surface area contributed by atoms with E-state index in [-0.39, 0.29) is 23.5 Å². The SMILES string of the molecule is CCCOCC(COCCOC)OCC(COC(COCCOC)COCCOC)C(C)(C)C. The van der Waals surface area contributed by atoms with Gasteiger partial charge in [0.15, 0.2) is 0 Å². The highest BCUT2D eigenvalue weighted by atomic mass is 16.6. The topological polar surface area (TPSA) is 83.1 Å². The van der Waals surface area contributed by atoms with Crippen LogP contribution in [0.1, 0.15) is 34.1 Å². The Bertz CT molecular complexity index is 406. The molecule has 0 saturated heterocycles. The van der Waals surface area contributed by atoms with Gasteiger partial charge in [0.05, 0.1) is 79.3 Å². The summed E-state index contributed by atoms with van der Waals surface area (Å²) in [5.41, 5.74) is -0.00982. The van der Waals surface area contributed by atoms with Gasteiger partial charge in [0.25, 0.3) is 0 Å². The number of hydrogen-bond acceptors (Lipinski definition) is 9. The van der Waals surface area contributed by atoms with Crippen LogP contribution in [0.15, 0.2) is 0 Å². The third-order valence-corrected chi connectivity index (χ3v) is 5.15. The first kappa shape index (κ1) is 33.6. The van der Waals surface area contributed by atoms with Gasteiger partial charge in [-0.2, -0.15) is 0 Å². The van der Waals surface area contributed by atoms with Gasteiger partial charge in [-0.25, -0.2) is 0 Å². The zero-order chi connectivity index (χ0) is 25.5. The standard InChI is InChI=1S/C25H52O9/c1-8-9-29-18-23(19-30-13-10-26-5)33-16-22(25(2,3)4)17-34-24(20-31-14-11-27-6)21-32-15-12-28-7/h22-24H,8-21H2,1-7H3. The lowest BCUT2D eigenvalue weighted by molar-refractivity contribution is -0.114. The molecule has 206 valence electrons. The van der Waals surface area contributed by atoms with Crippen LogP contribution in [-0.2, 0) is 42.6 Å². The fourth-order valence-electron chi connectivity index (χ4n) is 2.77. The quantitative estimate of drug-likeness (QED) is 0.177. The van der Waals surface area contributed by atoms with Crippen molar-refractivity contribution in [3.63, 3.8) is 0 Å². The predicted molar refractivity (Wildman–Crippen MR) is 132 cm³/mol. The van der Waals surface area contributed by atoms with Crippen molar-refractivity contribution < 1.29 is 42.6 Å². The van der Waals surface area contributed by atoms with Crippen molar-refractivity contribution in [3.05, 3.63) is 0 Å². The molecule has 0 bridgehead atoms. The molecule has 0 aliphatic heterocycles. The summed E-state index contributed by atoms with van der Waals surface area (Å²) in [4.78, 5) is 0. The van der Waals surface area contributed by atoms with Crippen LogP contribution in [-0.4, -0.2) is 119 Å². The first-order valence-corrected chi connectivity index (χ1v) is 12.4. The monoisotopic (exact) mass is 496 g/mol. The number of ether oxygens (including phenoxy) is 9. The molecule has 9 heteroatoms.